The van der Waals surface area contributed by atoms with Gasteiger partial charge in [-0.3, -0.25) is 4.79 Å². The Balaban J connectivity index is 1.45. The van der Waals surface area contributed by atoms with E-state index in [4.69, 9.17) is 0 Å². The number of hydrogen-bond acceptors (Lipinski definition) is 3. The molecule has 1 atom stereocenters. The summed E-state index contributed by atoms with van der Waals surface area (Å²) in [5.74, 6) is 0.817. The molecule has 0 aliphatic carbocycles. The summed E-state index contributed by atoms with van der Waals surface area (Å²) in [6, 6.07) is 8.11. The Morgan fingerprint density at radius 1 is 1.24 bits per heavy atom. The van der Waals surface area contributed by atoms with E-state index in [0.29, 0.717) is 12.2 Å². The predicted octanol–water partition coefficient (Wildman–Crippen LogP) is 2.05. The quantitative estimate of drug-likeness (QED) is 0.778. The van der Waals surface area contributed by atoms with E-state index in [1.807, 2.05) is 24.4 Å². The molecule has 1 aliphatic heterocycles. The minimum Gasteiger partial charge on any atom is -0.335 e. The summed E-state index contributed by atoms with van der Waals surface area (Å²) in [5, 5.41) is 8.14. The highest BCUT2D eigenvalue weighted by Crippen LogP contribution is 2.14. The number of urea groups is 1. The van der Waals surface area contributed by atoms with Crippen molar-refractivity contribution >= 4 is 17.6 Å². The summed E-state index contributed by atoms with van der Waals surface area (Å²) >= 11 is 0. The molecular formula is C18H23N5O2. The third kappa shape index (κ3) is 4.59. The maximum absolute atomic E-state index is 12.1. The van der Waals surface area contributed by atoms with Crippen molar-refractivity contribution < 1.29 is 9.59 Å². The molecule has 7 nitrogen and oxygen atoms in total. The highest BCUT2D eigenvalue weighted by atomic mass is 16.2. The van der Waals surface area contributed by atoms with Crippen LogP contribution in [0.2, 0.25) is 0 Å². The molecule has 1 aliphatic rings. The molecular weight excluding hydrogens is 318 g/mol. The van der Waals surface area contributed by atoms with Crippen LogP contribution in [0, 0.1) is 0 Å². The number of nitrogens with zero attached hydrogens (tertiary/aromatic N) is 2. The second-order valence-corrected chi connectivity index (χ2v) is 6.20. The van der Waals surface area contributed by atoms with Gasteiger partial charge in [0.15, 0.2) is 0 Å². The van der Waals surface area contributed by atoms with Gasteiger partial charge in [-0.2, -0.15) is 0 Å². The molecule has 0 radical (unpaired) electrons. The number of amides is 3. The Kier molecular flexibility index (Phi) is 5.33. The molecule has 25 heavy (non-hydrogen) atoms. The van der Waals surface area contributed by atoms with Crippen LogP contribution in [0.3, 0.4) is 0 Å². The van der Waals surface area contributed by atoms with E-state index in [0.717, 1.165) is 24.5 Å². The normalized spacial score (nSPS) is 14.3. The minimum atomic E-state index is -0.643. The first-order chi connectivity index (χ1) is 12.1. The summed E-state index contributed by atoms with van der Waals surface area (Å²) in [7, 11) is 0. The summed E-state index contributed by atoms with van der Waals surface area (Å²) in [6.45, 7) is 2.98. The summed E-state index contributed by atoms with van der Waals surface area (Å²) in [4.78, 5) is 28.6. The lowest BCUT2D eigenvalue weighted by Gasteiger charge is -2.14. The number of fused-ring (bicyclic) bond motifs is 1. The van der Waals surface area contributed by atoms with Gasteiger partial charge in [0.05, 0.1) is 12.2 Å². The van der Waals surface area contributed by atoms with E-state index in [-0.39, 0.29) is 11.9 Å². The standard InChI is InChI=1S/C18H23N5O2/c1-13(17(24)22-14-7-3-2-4-8-14)20-18(25)19-11-15-12-23-10-6-5-9-16(23)21-15/h2-4,7-8,12-13H,5-6,9-11H2,1H3,(H,22,24)(H2,19,20,25)/t13-/m0/s1. The first-order valence-electron chi connectivity index (χ1n) is 8.57. The van der Waals surface area contributed by atoms with Gasteiger partial charge in [0.25, 0.3) is 0 Å². The van der Waals surface area contributed by atoms with E-state index in [1.54, 1.807) is 19.1 Å². The average Bonchev–Trinajstić information content (AvgIpc) is 3.04. The SMILES string of the molecule is C[C@H](NC(=O)NCc1cn2c(n1)CCCC2)C(=O)Nc1ccccc1. The van der Waals surface area contributed by atoms with Crippen molar-refractivity contribution in [2.75, 3.05) is 5.32 Å². The van der Waals surface area contributed by atoms with Crippen LogP contribution in [0.4, 0.5) is 10.5 Å². The van der Waals surface area contributed by atoms with E-state index in [2.05, 4.69) is 25.5 Å². The maximum atomic E-state index is 12.1. The number of benzene rings is 1. The van der Waals surface area contributed by atoms with Crippen molar-refractivity contribution in [3.63, 3.8) is 0 Å². The van der Waals surface area contributed by atoms with Gasteiger partial charge in [-0.1, -0.05) is 18.2 Å². The number of rotatable bonds is 5. The number of hydrogen-bond donors (Lipinski definition) is 3. The van der Waals surface area contributed by atoms with Crippen LogP contribution < -0.4 is 16.0 Å². The van der Waals surface area contributed by atoms with Crippen LogP contribution in [0.1, 0.15) is 31.3 Å². The maximum Gasteiger partial charge on any atom is 0.315 e. The molecule has 1 aromatic heterocycles. The highest BCUT2D eigenvalue weighted by molar-refractivity contribution is 5.96. The lowest BCUT2D eigenvalue weighted by atomic mass is 10.2. The lowest BCUT2D eigenvalue weighted by Crippen LogP contribution is -2.46. The molecule has 0 fully saturated rings. The predicted molar refractivity (Wildman–Crippen MR) is 95.1 cm³/mol. The van der Waals surface area contributed by atoms with Gasteiger partial charge in [0.2, 0.25) is 5.91 Å². The smallest absolute Gasteiger partial charge is 0.315 e. The fourth-order valence-electron chi connectivity index (χ4n) is 2.81. The Morgan fingerprint density at radius 3 is 2.80 bits per heavy atom. The zero-order valence-corrected chi connectivity index (χ0v) is 14.3. The number of aryl methyl sites for hydroxylation is 2. The number of imidazole rings is 1. The molecule has 3 N–H and O–H groups in total. The Hall–Kier alpha value is -2.83. The third-order valence-corrected chi connectivity index (χ3v) is 4.17. The molecule has 0 spiro atoms. The van der Waals surface area contributed by atoms with Crippen LogP contribution >= 0.6 is 0 Å². The van der Waals surface area contributed by atoms with Crippen molar-refractivity contribution in [1.82, 2.24) is 20.2 Å². The van der Waals surface area contributed by atoms with Crippen molar-refractivity contribution in [2.24, 2.45) is 0 Å². The van der Waals surface area contributed by atoms with Crippen molar-refractivity contribution in [3.8, 4) is 0 Å². The molecule has 0 bridgehead atoms. The Morgan fingerprint density at radius 2 is 2.04 bits per heavy atom. The van der Waals surface area contributed by atoms with Crippen LogP contribution in [0.5, 0.6) is 0 Å². The summed E-state index contributed by atoms with van der Waals surface area (Å²) < 4.78 is 2.15. The zero-order chi connectivity index (χ0) is 17.6. The van der Waals surface area contributed by atoms with Gasteiger partial charge in [-0.05, 0) is 31.9 Å². The number of anilines is 1. The number of carbonyl (C=O) groups excluding carboxylic acids is 2. The van der Waals surface area contributed by atoms with E-state index in [1.165, 1.54) is 12.8 Å². The Bertz CT molecular complexity index is 718. The first kappa shape index (κ1) is 17.0. The topological polar surface area (TPSA) is 88.1 Å². The second kappa shape index (κ2) is 7.83. The molecule has 1 aromatic carbocycles. The molecule has 3 rings (SSSR count). The molecule has 0 unspecified atom stereocenters. The van der Waals surface area contributed by atoms with Gasteiger partial charge in [0.1, 0.15) is 11.9 Å². The lowest BCUT2D eigenvalue weighted by molar-refractivity contribution is -0.117. The number of nitrogens with one attached hydrogen (secondary N) is 3. The molecule has 7 heteroatoms. The van der Waals surface area contributed by atoms with Gasteiger partial charge in [-0.25, -0.2) is 9.78 Å². The molecule has 2 aromatic rings. The second-order valence-electron chi connectivity index (χ2n) is 6.20. The number of para-hydroxylation sites is 1. The highest BCUT2D eigenvalue weighted by Gasteiger charge is 2.16. The molecule has 132 valence electrons. The molecule has 2 heterocycles. The van der Waals surface area contributed by atoms with Gasteiger partial charge in [-0.15, -0.1) is 0 Å². The number of aromatic nitrogens is 2. The van der Waals surface area contributed by atoms with E-state index >= 15 is 0 Å². The molecule has 0 saturated heterocycles. The van der Waals surface area contributed by atoms with Crippen molar-refractivity contribution in [3.05, 3.63) is 48.0 Å². The van der Waals surface area contributed by atoms with Crippen LogP contribution in [-0.4, -0.2) is 27.5 Å². The molecule has 0 saturated carbocycles. The van der Waals surface area contributed by atoms with Gasteiger partial charge < -0.3 is 20.5 Å². The van der Waals surface area contributed by atoms with Crippen molar-refractivity contribution in [1.29, 1.82) is 0 Å². The van der Waals surface area contributed by atoms with Gasteiger partial charge in [0, 0.05) is 24.8 Å². The van der Waals surface area contributed by atoms with Crippen LogP contribution in [0.25, 0.3) is 0 Å². The van der Waals surface area contributed by atoms with Crippen LogP contribution in [0.15, 0.2) is 36.5 Å². The number of carbonyl (C=O) groups is 2. The fourth-order valence-corrected chi connectivity index (χ4v) is 2.81. The third-order valence-electron chi connectivity index (χ3n) is 4.17. The summed E-state index contributed by atoms with van der Waals surface area (Å²) in [6.07, 6.45) is 5.31. The van der Waals surface area contributed by atoms with Crippen LogP contribution in [-0.2, 0) is 24.3 Å². The zero-order valence-electron chi connectivity index (χ0n) is 14.3. The monoisotopic (exact) mass is 341 g/mol. The Labute approximate surface area is 146 Å². The first-order valence-corrected chi connectivity index (χ1v) is 8.57. The van der Waals surface area contributed by atoms with Gasteiger partial charge >= 0.3 is 6.03 Å². The molecule has 3 amide bonds. The van der Waals surface area contributed by atoms with E-state index in [9.17, 15) is 9.59 Å². The van der Waals surface area contributed by atoms with Crippen molar-refractivity contribution in [2.45, 2.75) is 45.3 Å². The summed E-state index contributed by atoms with van der Waals surface area (Å²) in [5.41, 5.74) is 1.54. The fraction of sp³-hybridized carbons (Fsp3) is 0.389. The van der Waals surface area contributed by atoms with E-state index < -0.39 is 6.04 Å². The average molecular weight is 341 g/mol. The minimum absolute atomic E-state index is 0.265. The largest absolute Gasteiger partial charge is 0.335 e.